The van der Waals surface area contributed by atoms with Gasteiger partial charge in [0.1, 0.15) is 0 Å². The summed E-state index contributed by atoms with van der Waals surface area (Å²) in [5, 5.41) is 0. The zero-order valence-electron chi connectivity index (χ0n) is 21.8. The van der Waals surface area contributed by atoms with Gasteiger partial charge in [-0.25, -0.2) is 0 Å². The van der Waals surface area contributed by atoms with Gasteiger partial charge in [-0.1, -0.05) is 77.4 Å². The molecular formula is C33H37N3. The second kappa shape index (κ2) is 10.9. The quantitative estimate of drug-likeness (QED) is 0.291. The molecule has 36 heavy (non-hydrogen) atoms. The van der Waals surface area contributed by atoms with Crippen LogP contribution < -0.4 is 14.7 Å². The average molecular weight is 476 g/mol. The van der Waals surface area contributed by atoms with Gasteiger partial charge in [0.15, 0.2) is 0 Å². The molecule has 0 atom stereocenters. The Morgan fingerprint density at radius 1 is 0.361 bits per heavy atom. The third-order valence-corrected chi connectivity index (χ3v) is 7.25. The third kappa shape index (κ3) is 5.91. The van der Waals surface area contributed by atoms with Crippen molar-refractivity contribution >= 4 is 17.1 Å². The third-order valence-electron chi connectivity index (χ3n) is 7.25. The Hall–Kier alpha value is -3.72. The molecule has 184 valence electrons. The highest BCUT2D eigenvalue weighted by Crippen LogP contribution is 2.23. The van der Waals surface area contributed by atoms with Crippen molar-refractivity contribution in [3.8, 4) is 0 Å². The van der Waals surface area contributed by atoms with E-state index in [4.69, 9.17) is 0 Å². The maximum atomic E-state index is 2.55. The van der Waals surface area contributed by atoms with Gasteiger partial charge in [-0.05, 0) is 68.3 Å². The molecule has 0 amide bonds. The standard InChI is InChI=1S/C33H37N3/c1-26-4-14-31(15-5-26)34-20-22-35(32-16-6-27(2)7-17-32)24-29-10-12-30(13-11-29)25-36(23-21-34)33-18-8-28(3)9-19-33/h4-19H,20-25H2,1-3H3. The van der Waals surface area contributed by atoms with Gasteiger partial charge >= 0.3 is 0 Å². The largest absolute Gasteiger partial charge is 0.368 e. The van der Waals surface area contributed by atoms with Gasteiger partial charge in [0, 0.05) is 56.3 Å². The van der Waals surface area contributed by atoms with Crippen molar-refractivity contribution < 1.29 is 0 Å². The van der Waals surface area contributed by atoms with E-state index in [1.54, 1.807) is 0 Å². The van der Waals surface area contributed by atoms with Gasteiger partial charge in [-0.3, -0.25) is 0 Å². The van der Waals surface area contributed by atoms with Crippen molar-refractivity contribution in [1.82, 2.24) is 0 Å². The fourth-order valence-electron chi connectivity index (χ4n) is 4.91. The van der Waals surface area contributed by atoms with E-state index < -0.39 is 0 Å². The molecule has 6 rings (SSSR count). The molecule has 3 heteroatoms. The highest BCUT2D eigenvalue weighted by molar-refractivity contribution is 5.53. The number of hydrogen-bond donors (Lipinski definition) is 0. The molecule has 0 spiro atoms. The number of fused-ring (bicyclic) bond motifs is 10. The fourth-order valence-corrected chi connectivity index (χ4v) is 4.91. The Kier molecular flexibility index (Phi) is 7.27. The second-order valence-electron chi connectivity index (χ2n) is 10.2. The van der Waals surface area contributed by atoms with Gasteiger partial charge < -0.3 is 14.7 Å². The zero-order chi connectivity index (χ0) is 24.9. The zero-order valence-corrected chi connectivity index (χ0v) is 21.8. The predicted molar refractivity (Wildman–Crippen MR) is 154 cm³/mol. The molecule has 2 aliphatic rings. The van der Waals surface area contributed by atoms with E-state index in [1.165, 1.54) is 44.9 Å². The van der Waals surface area contributed by atoms with Crippen molar-refractivity contribution in [3.63, 3.8) is 0 Å². The first kappa shape index (κ1) is 24.0. The lowest BCUT2D eigenvalue weighted by molar-refractivity contribution is 0.700. The van der Waals surface area contributed by atoms with Crippen LogP contribution in [0.3, 0.4) is 0 Å². The minimum Gasteiger partial charge on any atom is -0.368 e. The highest BCUT2D eigenvalue weighted by Gasteiger charge is 2.16. The summed E-state index contributed by atoms with van der Waals surface area (Å²) >= 11 is 0. The van der Waals surface area contributed by atoms with Crippen LogP contribution in [0.5, 0.6) is 0 Å². The van der Waals surface area contributed by atoms with E-state index in [2.05, 4.69) is 133 Å². The van der Waals surface area contributed by atoms with Crippen molar-refractivity contribution in [2.75, 3.05) is 40.9 Å². The second-order valence-corrected chi connectivity index (χ2v) is 10.2. The molecule has 0 saturated carbocycles. The molecule has 2 heterocycles. The molecule has 0 N–H and O–H groups in total. The maximum Gasteiger partial charge on any atom is 0.0430 e. The van der Waals surface area contributed by atoms with E-state index in [-0.39, 0.29) is 0 Å². The Morgan fingerprint density at radius 2 is 0.639 bits per heavy atom. The lowest BCUT2D eigenvalue weighted by Crippen LogP contribution is -2.39. The first-order valence-corrected chi connectivity index (χ1v) is 13.1. The minimum atomic E-state index is 0.909. The summed E-state index contributed by atoms with van der Waals surface area (Å²) in [6.07, 6.45) is 0. The van der Waals surface area contributed by atoms with Gasteiger partial charge in [-0.15, -0.1) is 0 Å². The topological polar surface area (TPSA) is 9.72 Å². The molecule has 2 aliphatic heterocycles. The van der Waals surface area contributed by atoms with Crippen LogP contribution in [0.2, 0.25) is 0 Å². The van der Waals surface area contributed by atoms with E-state index in [9.17, 15) is 0 Å². The van der Waals surface area contributed by atoms with Crippen LogP contribution in [0.1, 0.15) is 27.8 Å². The summed E-state index contributed by atoms with van der Waals surface area (Å²) in [5.74, 6) is 0. The number of aryl methyl sites for hydroxylation is 3. The minimum absolute atomic E-state index is 0.909. The molecule has 4 aromatic carbocycles. The van der Waals surface area contributed by atoms with Crippen LogP contribution in [0, 0.1) is 20.8 Å². The van der Waals surface area contributed by atoms with E-state index in [0.29, 0.717) is 0 Å². The van der Waals surface area contributed by atoms with Crippen molar-refractivity contribution in [3.05, 3.63) is 125 Å². The van der Waals surface area contributed by atoms with Crippen LogP contribution in [-0.2, 0) is 13.1 Å². The number of benzene rings is 4. The lowest BCUT2D eigenvalue weighted by atomic mass is 10.1. The summed E-state index contributed by atoms with van der Waals surface area (Å²) in [5.41, 5.74) is 10.5. The van der Waals surface area contributed by atoms with Gasteiger partial charge in [-0.2, -0.15) is 0 Å². The van der Waals surface area contributed by atoms with E-state index in [0.717, 1.165) is 39.3 Å². The molecule has 0 aromatic heterocycles. The Balaban J connectivity index is 1.48. The van der Waals surface area contributed by atoms with Crippen molar-refractivity contribution in [2.24, 2.45) is 0 Å². The summed E-state index contributed by atoms with van der Waals surface area (Å²) in [4.78, 5) is 7.59. The van der Waals surface area contributed by atoms with Crippen LogP contribution in [0.4, 0.5) is 17.1 Å². The van der Waals surface area contributed by atoms with Gasteiger partial charge in [0.2, 0.25) is 0 Å². The molecule has 0 unspecified atom stereocenters. The first-order chi connectivity index (χ1) is 17.5. The summed E-state index contributed by atoms with van der Waals surface area (Å²) in [6.45, 7) is 12.1. The smallest absolute Gasteiger partial charge is 0.0430 e. The number of rotatable bonds is 3. The maximum absolute atomic E-state index is 2.55. The molecule has 0 radical (unpaired) electrons. The Morgan fingerprint density at radius 3 is 0.972 bits per heavy atom. The number of anilines is 3. The highest BCUT2D eigenvalue weighted by atomic mass is 15.2. The monoisotopic (exact) mass is 475 g/mol. The van der Waals surface area contributed by atoms with Crippen LogP contribution >= 0.6 is 0 Å². The summed E-state index contributed by atoms with van der Waals surface area (Å²) in [6, 6.07) is 36.1. The SMILES string of the molecule is Cc1ccc(N2CCN(c3ccc(C)cc3)Cc3ccc(cc3)CN(c3ccc(C)cc3)CC2)cc1. The molecule has 4 aromatic rings. The van der Waals surface area contributed by atoms with Crippen LogP contribution in [-0.4, -0.2) is 26.2 Å². The Bertz CT molecular complexity index is 1160. The lowest BCUT2D eigenvalue weighted by Gasteiger charge is -2.33. The molecular weight excluding hydrogens is 438 g/mol. The molecule has 0 saturated heterocycles. The van der Waals surface area contributed by atoms with Gasteiger partial charge in [0.05, 0.1) is 0 Å². The molecule has 2 bridgehead atoms. The Labute approximate surface area is 216 Å². The van der Waals surface area contributed by atoms with Crippen LogP contribution in [0.15, 0.2) is 97.1 Å². The average Bonchev–Trinajstić information content (AvgIpc) is 2.92. The number of hydrogen-bond acceptors (Lipinski definition) is 3. The first-order valence-electron chi connectivity index (χ1n) is 13.1. The van der Waals surface area contributed by atoms with E-state index in [1.807, 2.05) is 0 Å². The normalized spacial score (nSPS) is 14.8. The number of nitrogens with zero attached hydrogens (tertiary/aromatic N) is 3. The summed E-state index contributed by atoms with van der Waals surface area (Å²) < 4.78 is 0. The van der Waals surface area contributed by atoms with Gasteiger partial charge in [0.25, 0.3) is 0 Å². The fraction of sp³-hybridized carbons (Fsp3) is 0.273. The molecule has 3 nitrogen and oxygen atoms in total. The van der Waals surface area contributed by atoms with Crippen molar-refractivity contribution in [2.45, 2.75) is 33.9 Å². The summed E-state index contributed by atoms with van der Waals surface area (Å²) in [7, 11) is 0. The van der Waals surface area contributed by atoms with Crippen molar-refractivity contribution in [1.29, 1.82) is 0 Å². The molecule has 0 aliphatic carbocycles. The van der Waals surface area contributed by atoms with E-state index >= 15 is 0 Å². The molecule has 0 fully saturated rings. The van der Waals surface area contributed by atoms with Crippen LogP contribution in [0.25, 0.3) is 0 Å². The predicted octanol–water partition coefficient (Wildman–Crippen LogP) is 7.15.